The molecule has 3 rings (SSSR count). The van der Waals surface area contributed by atoms with Gasteiger partial charge in [-0.2, -0.15) is 0 Å². The molecule has 0 radical (unpaired) electrons. The summed E-state index contributed by atoms with van der Waals surface area (Å²) in [6.45, 7) is 3.35. The van der Waals surface area contributed by atoms with Gasteiger partial charge in [0.25, 0.3) is 15.9 Å². The van der Waals surface area contributed by atoms with Crippen LogP contribution in [0.15, 0.2) is 71.6 Å². The predicted molar refractivity (Wildman–Crippen MR) is 125 cm³/mol. The Morgan fingerprint density at radius 1 is 1.00 bits per heavy atom. The normalized spacial score (nSPS) is 12.0. The average Bonchev–Trinajstić information content (AvgIpc) is 2.77. The molecular formula is C23H23ClN2O5S. The Hall–Kier alpha value is -3.23. The lowest BCUT2D eigenvalue weighted by Crippen LogP contribution is -2.30. The van der Waals surface area contributed by atoms with E-state index in [-0.39, 0.29) is 10.8 Å². The summed E-state index contributed by atoms with van der Waals surface area (Å²) in [5.74, 6) is 0.736. The molecule has 168 valence electrons. The first-order valence-corrected chi connectivity index (χ1v) is 11.6. The maximum Gasteiger partial charge on any atom is 0.265 e. The van der Waals surface area contributed by atoms with Crippen LogP contribution in [0.1, 0.15) is 12.5 Å². The van der Waals surface area contributed by atoms with Crippen molar-refractivity contribution >= 4 is 38.9 Å². The summed E-state index contributed by atoms with van der Waals surface area (Å²) in [7, 11) is -2.27. The van der Waals surface area contributed by atoms with Gasteiger partial charge in [-0.15, -0.1) is 0 Å². The second-order valence-corrected chi connectivity index (χ2v) is 9.06. The fraction of sp³-hybridized carbons (Fsp3) is 0.174. The maximum atomic E-state index is 12.7. The SMILES string of the molecule is COc1cccc(O[C@@H](C)C(=O)Nc2ccc(S(=O)(=O)Nc3cccc(Cl)c3C)cc2)c1. The summed E-state index contributed by atoms with van der Waals surface area (Å²) < 4.78 is 38.7. The third kappa shape index (κ3) is 5.72. The molecule has 32 heavy (non-hydrogen) atoms. The smallest absolute Gasteiger partial charge is 0.265 e. The van der Waals surface area contributed by atoms with Crippen molar-refractivity contribution in [3.8, 4) is 11.5 Å². The number of rotatable bonds is 8. The van der Waals surface area contributed by atoms with E-state index in [1.807, 2.05) is 0 Å². The van der Waals surface area contributed by atoms with Crippen molar-refractivity contribution in [3.05, 3.63) is 77.3 Å². The van der Waals surface area contributed by atoms with Crippen LogP contribution in [-0.4, -0.2) is 27.5 Å². The number of carbonyl (C=O) groups is 1. The van der Waals surface area contributed by atoms with Gasteiger partial charge in [0.15, 0.2) is 6.10 Å². The zero-order chi connectivity index (χ0) is 23.3. The number of benzene rings is 3. The van der Waals surface area contributed by atoms with Gasteiger partial charge in [-0.1, -0.05) is 23.7 Å². The van der Waals surface area contributed by atoms with Gasteiger partial charge < -0.3 is 14.8 Å². The van der Waals surface area contributed by atoms with Crippen molar-refractivity contribution in [3.63, 3.8) is 0 Å². The van der Waals surface area contributed by atoms with Crippen LogP contribution in [0.25, 0.3) is 0 Å². The molecule has 0 spiro atoms. The first-order valence-electron chi connectivity index (χ1n) is 9.69. The average molecular weight is 475 g/mol. The molecule has 0 heterocycles. The summed E-state index contributed by atoms with van der Waals surface area (Å²) in [6.07, 6.45) is -0.780. The van der Waals surface area contributed by atoms with Crippen LogP contribution in [0.5, 0.6) is 11.5 Å². The third-order valence-corrected chi connectivity index (χ3v) is 6.46. The minimum absolute atomic E-state index is 0.0514. The Balaban J connectivity index is 1.65. The zero-order valence-corrected chi connectivity index (χ0v) is 19.3. The molecule has 0 unspecified atom stereocenters. The van der Waals surface area contributed by atoms with E-state index in [1.54, 1.807) is 63.4 Å². The lowest BCUT2D eigenvalue weighted by molar-refractivity contribution is -0.122. The monoisotopic (exact) mass is 474 g/mol. The van der Waals surface area contributed by atoms with Crippen LogP contribution in [0, 0.1) is 6.92 Å². The Morgan fingerprint density at radius 2 is 1.66 bits per heavy atom. The number of nitrogens with one attached hydrogen (secondary N) is 2. The zero-order valence-electron chi connectivity index (χ0n) is 17.8. The number of sulfonamides is 1. The molecule has 0 aliphatic rings. The molecule has 7 nitrogen and oxygen atoms in total. The quantitative estimate of drug-likeness (QED) is 0.486. The minimum atomic E-state index is -3.82. The number of hydrogen-bond donors (Lipinski definition) is 2. The number of hydrogen-bond acceptors (Lipinski definition) is 5. The lowest BCUT2D eigenvalue weighted by Gasteiger charge is -2.15. The number of halogens is 1. The number of anilines is 2. The van der Waals surface area contributed by atoms with Gasteiger partial charge in [0.1, 0.15) is 11.5 Å². The molecule has 0 fully saturated rings. The van der Waals surface area contributed by atoms with Crippen LogP contribution < -0.4 is 19.5 Å². The highest BCUT2D eigenvalue weighted by Gasteiger charge is 2.18. The van der Waals surface area contributed by atoms with Gasteiger partial charge in [-0.3, -0.25) is 9.52 Å². The molecule has 0 saturated carbocycles. The highest BCUT2D eigenvalue weighted by atomic mass is 35.5. The Labute approximate surface area is 192 Å². The van der Waals surface area contributed by atoms with Crippen LogP contribution in [0.4, 0.5) is 11.4 Å². The molecule has 0 aromatic heterocycles. The predicted octanol–water partition coefficient (Wildman–Crippen LogP) is 4.86. The fourth-order valence-electron chi connectivity index (χ4n) is 2.82. The summed E-state index contributed by atoms with van der Waals surface area (Å²) in [5.41, 5.74) is 1.47. The number of methoxy groups -OCH3 is 1. The molecule has 0 aliphatic carbocycles. The van der Waals surface area contributed by atoms with Crippen molar-refractivity contribution in [1.29, 1.82) is 0 Å². The second-order valence-electron chi connectivity index (χ2n) is 6.97. The van der Waals surface area contributed by atoms with Gasteiger partial charge in [0, 0.05) is 16.8 Å². The number of carbonyl (C=O) groups excluding carboxylic acids is 1. The number of ether oxygens (including phenoxy) is 2. The summed E-state index contributed by atoms with van der Waals surface area (Å²) in [6, 6.07) is 17.8. The van der Waals surface area contributed by atoms with Crippen LogP contribution >= 0.6 is 11.6 Å². The van der Waals surface area contributed by atoms with Crippen molar-refractivity contribution in [2.24, 2.45) is 0 Å². The van der Waals surface area contributed by atoms with E-state index in [1.165, 1.54) is 24.3 Å². The van der Waals surface area contributed by atoms with Crippen LogP contribution in [0.3, 0.4) is 0 Å². The topological polar surface area (TPSA) is 93.7 Å². The summed E-state index contributed by atoms with van der Waals surface area (Å²) >= 11 is 6.06. The van der Waals surface area contributed by atoms with E-state index in [9.17, 15) is 13.2 Å². The lowest BCUT2D eigenvalue weighted by atomic mass is 10.2. The molecule has 0 bridgehead atoms. The second kappa shape index (κ2) is 9.93. The van der Waals surface area contributed by atoms with Crippen molar-refractivity contribution < 1.29 is 22.7 Å². The molecule has 0 aliphatic heterocycles. The van der Waals surface area contributed by atoms with Crippen LogP contribution in [-0.2, 0) is 14.8 Å². The van der Waals surface area contributed by atoms with E-state index in [0.29, 0.717) is 33.5 Å². The van der Waals surface area contributed by atoms with Crippen molar-refractivity contribution in [2.75, 3.05) is 17.1 Å². The first-order chi connectivity index (χ1) is 15.2. The highest BCUT2D eigenvalue weighted by Crippen LogP contribution is 2.26. The van der Waals surface area contributed by atoms with Gasteiger partial charge in [-0.25, -0.2) is 8.42 Å². The van der Waals surface area contributed by atoms with Gasteiger partial charge >= 0.3 is 0 Å². The Kier molecular flexibility index (Phi) is 7.27. The standard InChI is InChI=1S/C23H23ClN2O5S/c1-15-21(24)8-5-9-22(15)26-32(28,29)20-12-10-17(11-13-20)25-23(27)16(2)31-19-7-4-6-18(14-19)30-3/h4-14,16,26H,1-3H3,(H,25,27)/t16-/m0/s1. The molecular weight excluding hydrogens is 452 g/mol. The summed E-state index contributed by atoms with van der Waals surface area (Å²) in [5, 5.41) is 3.17. The van der Waals surface area contributed by atoms with E-state index in [2.05, 4.69) is 10.0 Å². The molecule has 0 saturated heterocycles. The number of amides is 1. The van der Waals surface area contributed by atoms with Crippen LogP contribution in [0.2, 0.25) is 5.02 Å². The molecule has 3 aromatic carbocycles. The molecule has 2 N–H and O–H groups in total. The van der Waals surface area contributed by atoms with Gasteiger partial charge in [0.05, 0.1) is 17.7 Å². The maximum absolute atomic E-state index is 12.7. The van der Waals surface area contributed by atoms with E-state index in [4.69, 9.17) is 21.1 Å². The Morgan fingerprint density at radius 3 is 2.34 bits per heavy atom. The molecule has 1 atom stereocenters. The Bertz CT molecular complexity index is 1210. The van der Waals surface area contributed by atoms with Gasteiger partial charge in [-0.05, 0) is 67.9 Å². The minimum Gasteiger partial charge on any atom is -0.497 e. The van der Waals surface area contributed by atoms with Crippen molar-refractivity contribution in [2.45, 2.75) is 24.8 Å². The van der Waals surface area contributed by atoms with E-state index < -0.39 is 16.1 Å². The third-order valence-electron chi connectivity index (χ3n) is 4.67. The molecule has 9 heteroatoms. The van der Waals surface area contributed by atoms with E-state index >= 15 is 0 Å². The van der Waals surface area contributed by atoms with Crippen molar-refractivity contribution in [1.82, 2.24) is 0 Å². The largest absolute Gasteiger partial charge is 0.497 e. The molecule has 3 aromatic rings. The first kappa shape index (κ1) is 23.4. The highest BCUT2D eigenvalue weighted by molar-refractivity contribution is 7.92. The van der Waals surface area contributed by atoms with E-state index in [0.717, 1.165) is 0 Å². The summed E-state index contributed by atoms with van der Waals surface area (Å²) in [4.78, 5) is 12.5. The van der Waals surface area contributed by atoms with Gasteiger partial charge in [0.2, 0.25) is 0 Å². The fourth-order valence-corrected chi connectivity index (χ4v) is 4.11. The molecule has 1 amide bonds.